The number of ketones is 1. The highest BCUT2D eigenvalue weighted by Crippen LogP contribution is 2.18. The van der Waals surface area contributed by atoms with Crippen molar-refractivity contribution in [1.29, 1.82) is 0 Å². The van der Waals surface area contributed by atoms with Crippen molar-refractivity contribution in [2.24, 2.45) is 0 Å². The number of nitrogen functional groups attached to an aromatic ring is 1. The summed E-state index contributed by atoms with van der Waals surface area (Å²) < 4.78 is 13.2. The largest absolute Gasteiger partial charge is 0.396 e. The van der Waals surface area contributed by atoms with Gasteiger partial charge >= 0.3 is 0 Å². The molecule has 0 radical (unpaired) electrons. The molecule has 0 saturated heterocycles. The molecule has 0 aliphatic rings. The minimum atomic E-state index is -0.588. The number of nitrogens with zero attached hydrogens (tertiary/aromatic N) is 1. The van der Waals surface area contributed by atoms with Crippen LogP contribution < -0.4 is 5.73 Å². The molecule has 2 N–H and O–H groups in total. The Morgan fingerprint density at radius 2 is 2.06 bits per heavy atom. The number of carbonyl (C=O) groups is 1. The van der Waals surface area contributed by atoms with Crippen molar-refractivity contribution in [3.05, 3.63) is 59.7 Å². The monoisotopic (exact) mass is 216 g/mol. The van der Waals surface area contributed by atoms with E-state index in [2.05, 4.69) is 4.98 Å². The van der Waals surface area contributed by atoms with Crippen LogP contribution in [0, 0.1) is 5.82 Å². The summed E-state index contributed by atoms with van der Waals surface area (Å²) in [5.74, 6) is -0.917. The Balaban J connectivity index is 2.46. The summed E-state index contributed by atoms with van der Waals surface area (Å²) >= 11 is 0. The Morgan fingerprint density at radius 1 is 1.25 bits per heavy atom. The molecule has 2 rings (SSSR count). The zero-order valence-corrected chi connectivity index (χ0v) is 8.35. The molecule has 80 valence electrons. The molecule has 0 bridgehead atoms. The molecule has 0 fully saturated rings. The van der Waals surface area contributed by atoms with Gasteiger partial charge in [-0.1, -0.05) is 6.07 Å². The summed E-state index contributed by atoms with van der Waals surface area (Å²) in [7, 11) is 0. The van der Waals surface area contributed by atoms with Gasteiger partial charge in [-0.05, 0) is 24.3 Å². The average Bonchev–Trinajstić information content (AvgIpc) is 2.33. The summed E-state index contributed by atoms with van der Waals surface area (Å²) in [6.45, 7) is 0. The van der Waals surface area contributed by atoms with Gasteiger partial charge in [-0.25, -0.2) is 4.39 Å². The number of hydrogen-bond donors (Lipinski definition) is 1. The van der Waals surface area contributed by atoms with Crippen LogP contribution in [-0.4, -0.2) is 10.8 Å². The maximum atomic E-state index is 13.2. The van der Waals surface area contributed by atoms with Crippen LogP contribution >= 0.6 is 0 Å². The second-order valence-electron chi connectivity index (χ2n) is 3.27. The molecule has 16 heavy (non-hydrogen) atoms. The van der Waals surface area contributed by atoms with Crippen LogP contribution in [0.5, 0.6) is 0 Å². The highest BCUT2D eigenvalue weighted by Gasteiger charge is 2.14. The molecule has 0 spiro atoms. The molecule has 0 aliphatic carbocycles. The third kappa shape index (κ3) is 1.77. The average molecular weight is 216 g/mol. The Bertz CT molecular complexity index is 526. The molecule has 2 aromatic rings. The van der Waals surface area contributed by atoms with Crippen molar-refractivity contribution in [1.82, 2.24) is 4.98 Å². The van der Waals surface area contributed by atoms with E-state index < -0.39 is 5.82 Å². The van der Waals surface area contributed by atoms with Crippen molar-refractivity contribution in [2.45, 2.75) is 0 Å². The molecule has 0 saturated carbocycles. The summed E-state index contributed by atoms with van der Waals surface area (Å²) in [5, 5.41) is 0. The van der Waals surface area contributed by atoms with E-state index in [-0.39, 0.29) is 17.0 Å². The van der Waals surface area contributed by atoms with E-state index in [1.165, 1.54) is 24.4 Å². The minimum absolute atomic E-state index is 0.128. The van der Waals surface area contributed by atoms with Crippen molar-refractivity contribution < 1.29 is 9.18 Å². The number of pyridine rings is 1. The number of nitrogens with two attached hydrogens (primary N) is 1. The molecule has 1 aromatic heterocycles. The maximum Gasteiger partial charge on any atom is 0.196 e. The van der Waals surface area contributed by atoms with Crippen molar-refractivity contribution in [2.75, 3.05) is 5.73 Å². The third-order valence-electron chi connectivity index (χ3n) is 2.22. The standard InChI is InChI=1S/C12H9FN2O/c13-10-5-1-4-9(11(10)14)12(16)8-3-2-6-15-7-8/h1-7H,14H2. The van der Waals surface area contributed by atoms with Gasteiger partial charge in [0.2, 0.25) is 0 Å². The lowest BCUT2D eigenvalue weighted by molar-refractivity contribution is 0.103. The van der Waals surface area contributed by atoms with Gasteiger partial charge in [0.1, 0.15) is 5.82 Å². The zero-order valence-electron chi connectivity index (χ0n) is 8.35. The molecule has 1 aromatic carbocycles. The lowest BCUT2D eigenvalue weighted by Crippen LogP contribution is -2.07. The molecule has 3 nitrogen and oxygen atoms in total. The predicted octanol–water partition coefficient (Wildman–Crippen LogP) is 2.03. The molecule has 0 unspecified atom stereocenters. The van der Waals surface area contributed by atoms with E-state index in [0.717, 1.165) is 0 Å². The lowest BCUT2D eigenvalue weighted by atomic mass is 10.0. The first-order valence-electron chi connectivity index (χ1n) is 4.69. The van der Waals surface area contributed by atoms with Gasteiger partial charge in [0, 0.05) is 23.5 Å². The van der Waals surface area contributed by atoms with Crippen LogP contribution in [0.2, 0.25) is 0 Å². The smallest absolute Gasteiger partial charge is 0.196 e. The van der Waals surface area contributed by atoms with Crippen LogP contribution in [0.1, 0.15) is 15.9 Å². The van der Waals surface area contributed by atoms with Gasteiger partial charge in [-0.3, -0.25) is 9.78 Å². The first kappa shape index (κ1) is 10.3. The van der Waals surface area contributed by atoms with E-state index in [1.807, 2.05) is 0 Å². The summed E-state index contributed by atoms with van der Waals surface area (Å²) in [4.78, 5) is 15.8. The van der Waals surface area contributed by atoms with E-state index in [1.54, 1.807) is 18.3 Å². The highest BCUT2D eigenvalue weighted by atomic mass is 19.1. The second-order valence-corrected chi connectivity index (χ2v) is 3.27. The molecule has 4 heteroatoms. The lowest BCUT2D eigenvalue weighted by Gasteiger charge is -2.04. The zero-order chi connectivity index (χ0) is 11.5. The van der Waals surface area contributed by atoms with Crippen molar-refractivity contribution in [3.8, 4) is 0 Å². The Labute approximate surface area is 91.7 Å². The van der Waals surface area contributed by atoms with Gasteiger partial charge in [-0.15, -0.1) is 0 Å². The normalized spacial score (nSPS) is 10.1. The van der Waals surface area contributed by atoms with Crippen LogP contribution in [0.25, 0.3) is 0 Å². The van der Waals surface area contributed by atoms with Crippen LogP contribution in [0.15, 0.2) is 42.7 Å². The molecule has 1 heterocycles. The third-order valence-corrected chi connectivity index (χ3v) is 2.22. The Kier molecular flexibility index (Phi) is 2.64. The van der Waals surface area contributed by atoms with Gasteiger partial charge in [0.25, 0.3) is 0 Å². The fraction of sp³-hybridized carbons (Fsp3) is 0. The van der Waals surface area contributed by atoms with Crippen LogP contribution in [0.3, 0.4) is 0 Å². The van der Waals surface area contributed by atoms with Gasteiger partial charge < -0.3 is 5.73 Å². The SMILES string of the molecule is Nc1c(F)cccc1C(=O)c1cccnc1. The molecular weight excluding hydrogens is 207 g/mol. The summed E-state index contributed by atoms with van der Waals surface area (Å²) in [5.41, 5.74) is 5.93. The number of hydrogen-bond acceptors (Lipinski definition) is 3. The maximum absolute atomic E-state index is 13.2. The number of benzene rings is 1. The first-order chi connectivity index (χ1) is 7.70. The fourth-order valence-corrected chi connectivity index (χ4v) is 1.39. The second kappa shape index (κ2) is 4.10. The topological polar surface area (TPSA) is 56.0 Å². The predicted molar refractivity (Wildman–Crippen MR) is 58.5 cm³/mol. The van der Waals surface area contributed by atoms with Crippen molar-refractivity contribution in [3.63, 3.8) is 0 Å². The van der Waals surface area contributed by atoms with E-state index in [9.17, 15) is 9.18 Å². The Morgan fingerprint density at radius 3 is 2.75 bits per heavy atom. The van der Waals surface area contributed by atoms with Gasteiger partial charge in [0.05, 0.1) is 5.69 Å². The summed E-state index contributed by atoms with van der Waals surface area (Å²) in [6, 6.07) is 7.42. The quantitative estimate of drug-likeness (QED) is 0.617. The summed E-state index contributed by atoms with van der Waals surface area (Å²) in [6.07, 6.45) is 2.98. The number of halogens is 1. The van der Waals surface area contributed by atoms with Gasteiger partial charge in [0.15, 0.2) is 5.78 Å². The molecule has 0 amide bonds. The molecule has 0 atom stereocenters. The van der Waals surface area contributed by atoms with Gasteiger partial charge in [-0.2, -0.15) is 0 Å². The van der Waals surface area contributed by atoms with E-state index in [4.69, 9.17) is 5.73 Å². The number of aromatic nitrogens is 1. The molecule has 0 aliphatic heterocycles. The molecular formula is C12H9FN2O. The number of para-hydroxylation sites is 1. The van der Waals surface area contributed by atoms with Crippen LogP contribution in [-0.2, 0) is 0 Å². The minimum Gasteiger partial charge on any atom is -0.396 e. The van der Waals surface area contributed by atoms with Crippen molar-refractivity contribution >= 4 is 11.5 Å². The highest BCUT2D eigenvalue weighted by molar-refractivity contribution is 6.11. The first-order valence-corrected chi connectivity index (χ1v) is 4.69. The number of rotatable bonds is 2. The van der Waals surface area contributed by atoms with E-state index in [0.29, 0.717) is 5.56 Å². The van der Waals surface area contributed by atoms with E-state index >= 15 is 0 Å². The fourth-order valence-electron chi connectivity index (χ4n) is 1.39. The number of carbonyl (C=O) groups excluding carboxylic acids is 1. The number of anilines is 1. The van der Waals surface area contributed by atoms with Crippen LogP contribution in [0.4, 0.5) is 10.1 Å². The Hall–Kier alpha value is -2.23.